The molecule has 148 valence electrons. The Bertz CT molecular complexity index is 870. The molecular weight excluding hydrogens is 360 g/mol. The molecule has 0 amide bonds. The van der Waals surface area contributed by atoms with Gasteiger partial charge in [-0.2, -0.15) is 0 Å². The van der Waals surface area contributed by atoms with E-state index in [2.05, 4.69) is 6.58 Å². The number of carbonyl (C=O) groups excluding carboxylic acids is 3. The van der Waals surface area contributed by atoms with Gasteiger partial charge in [0.1, 0.15) is 0 Å². The maximum Gasteiger partial charge on any atom is 0.338 e. The smallest absolute Gasteiger partial charge is 0.338 e. The summed E-state index contributed by atoms with van der Waals surface area (Å²) in [6.45, 7) is 7.61. The third-order valence-corrected chi connectivity index (χ3v) is 4.76. The molecule has 0 N–H and O–H groups in total. The van der Waals surface area contributed by atoms with Crippen molar-refractivity contribution in [3.63, 3.8) is 0 Å². The Morgan fingerprint density at radius 2 is 1.50 bits per heavy atom. The lowest BCUT2D eigenvalue weighted by atomic mass is 9.85. The molecule has 0 radical (unpaired) electrons. The molecule has 0 fully saturated rings. The molecule has 0 unspecified atom stereocenters. The van der Waals surface area contributed by atoms with E-state index >= 15 is 0 Å². The number of esters is 3. The summed E-state index contributed by atoms with van der Waals surface area (Å²) in [5, 5.41) is 0. The third-order valence-electron chi connectivity index (χ3n) is 4.76. The molecule has 0 saturated heterocycles. The number of aryl methyl sites for hydroxylation is 1. The van der Waals surface area contributed by atoms with Crippen molar-refractivity contribution in [2.24, 2.45) is 5.41 Å². The second kappa shape index (κ2) is 8.25. The normalized spacial score (nSPS) is 16.7. The van der Waals surface area contributed by atoms with Crippen molar-refractivity contribution < 1.29 is 28.6 Å². The highest BCUT2D eigenvalue weighted by Crippen LogP contribution is 2.47. The molecule has 0 aliphatic heterocycles. The third kappa shape index (κ3) is 3.63. The Balaban J connectivity index is 2.81. The van der Waals surface area contributed by atoms with Crippen LogP contribution in [0, 0.1) is 12.3 Å². The first-order valence-electron chi connectivity index (χ1n) is 8.66. The van der Waals surface area contributed by atoms with Crippen LogP contribution in [0.5, 0.6) is 0 Å². The summed E-state index contributed by atoms with van der Waals surface area (Å²) >= 11 is 0. The molecule has 6 nitrogen and oxygen atoms in total. The maximum absolute atomic E-state index is 12.7. The van der Waals surface area contributed by atoms with Gasteiger partial charge in [-0.25, -0.2) is 4.79 Å². The van der Waals surface area contributed by atoms with E-state index in [4.69, 9.17) is 14.2 Å². The predicted molar refractivity (Wildman–Crippen MR) is 104 cm³/mol. The van der Waals surface area contributed by atoms with Gasteiger partial charge in [-0.15, -0.1) is 0 Å². The lowest BCUT2D eigenvalue weighted by Crippen LogP contribution is -2.38. The molecular formula is C22H24O6. The molecule has 0 spiro atoms. The van der Waals surface area contributed by atoms with Crippen LogP contribution in [0.2, 0.25) is 0 Å². The van der Waals surface area contributed by atoms with E-state index in [1.54, 1.807) is 19.1 Å². The zero-order valence-electron chi connectivity index (χ0n) is 16.8. The molecule has 0 atom stereocenters. The topological polar surface area (TPSA) is 78.9 Å². The second-order valence-electron chi connectivity index (χ2n) is 6.68. The van der Waals surface area contributed by atoms with Crippen molar-refractivity contribution in [3.05, 3.63) is 64.8 Å². The van der Waals surface area contributed by atoms with Crippen LogP contribution in [0.15, 0.2) is 53.6 Å². The van der Waals surface area contributed by atoms with E-state index in [0.29, 0.717) is 22.3 Å². The Kier molecular flexibility index (Phi) is 6.23. The molecule has 0 bridgehead atoms. The average Bonchev–Trinajstić information content (AvgIpc) is 3.10. The number of rotatable bonds is 5. The maximum atomic E-state index is 12.7. The van der Waals surface area contributed by atoms with E-state index in [9.17, 15) is 14.4 Å². The second-order valence-corrected chi connectivity index (χ2v) is 6.68. The van der Waals surface area contributed by atoms with Crippen LogP contribution in [-0.2, 0) is 28.6 Å². The van der Waals surface area contributed by atoms with Crippen LogP contribution >= 0.6 is 0 Å². The summed E-state index contributed by atoms with van der Waals surface area (Å²) in [6.07, 6.45) is 1.38. The highest BCUT2D eigenvalue weighted by molar-refractivity contribution is 6.19. The number of allylic oxidation sites excluding steroid dienone is 3. The summed E-state index contributed by atoms with van der Waals surface area (Å²) in [4.78, 5) is 37.8. The first kappa shape index (κ1) is 21.2. The first-order valence-corrected chi connectivity index (χ1v) is 8.66. The van der Waals surface area contributed by atoms with Crippen LogP contribution in [-0.4, -0.2) is 39.2 Å². The van der Waals surface area contributed by atoms with Gasteiger partial charge in [0.25, 0.3) is 0 Å². The minimum Gasteiger partial charge on any atom is -0.468 e. The molecule has 0 aromatic heterocycles. The summed E-state index contributed by atoms with van der Waals surface area (Å²) in [5.41, 5.74) is 1.83. The average molecular weight is 384 g/mol. The predicted octanol–water partition coefficient (Wildman–Crippen LogP) is 3.16. The highest BCUT2D eigenvalue weighted by atomic mass is 16.5. The number of carbonyl (C=O) groups is 3. The number of benzene rings is 1. The van der Waals surface area contributed by atoms with E-state index in [-0.39, 0.29) is 12.0 Å². The van der Waals surface area contributed by atoms with E-state index in [0.717, 1.165) is 5.56 Å². The number of hydrogen-bond donors (Lipinski definition) is 0. The molecule has 0 heterocycles. The van der Waals surface area contributed by atoms with Crippen LogP contribution < -0.4 is 0 Å². The van der Waals surface area contributed by atoms with Gasteiger partial charge in [0.2, 0.25) is 0 Å². The van der Waals surface area contributed by atoms with Gasteiger partial charge in [-0.1, -0.05) is 42.0 Å². The van der Waals surface area contributed by atoms with Gasteiger partial charge >= 0.3 is 17.9 Å². The SMILES string of the molecule is C=C(C)C1=CC(C(=O)OC)(C(=O)OC)C/C1=C(/C(=O)OC)c1ccc(C)cc1. The minimum absolute atomic E-state index is 0.0904. The molecule has 1 aromatic rings. The van der Waals surface area contributed by atoms with E-state index in [1.165, 1.54) is 27.4 Å². The summed E-state index contributed by atoms with van der Waals surface area (Å²) in [5.74, 6) is -2.10. The quantitative estimate of drug-likeness (QED) is 0.336. The lowest BCUT2D eigenvalue weighted by molar-refractivity contribution is -0.164. The fourth-order valence-electron chi connectivity index (χ4n) is 3.31. The molecule has 6 heteroatoms. The van der Waals surface area contributed by atoms with Crippen molar-refractivity contribution in [1.82, 2.24) is 0 Å². The molecule has 1 aromatic carbocycles. The Labute approximate surface area is 164 Å². The Hall–Kier alpha value is -3.15. The monoisotopic (exact) mass is 384 g/mol. The zero-order chi connectivity index (χ0) is 21.1. The number of methoxy groups -OCH3 is 3. The molecule has 28 heavy (non-hydrogen) atoms. The van der Waals surface area contributed by atoms with Gasteiger partial charge < -0.3 is 14.2 Å². The summed E-state index contributed by atoms with van der Waals surface area (Å²) in [7, 11) is 3.68. The standard InChI is InChI=1S/C22H24O6/c1-13(2)16-11-22(20(24)27-5,21(25)28-6)12-17(16)18(19(23)26-4)15-9-7-14(3)8-10-15/h7-11H,1,12H2,2-6H3/b18-17-. The largest absolute Gasteiger partial charge is 0.468 e. The molecule has 1 aliphatic rings. The lowest BCUT2D eigenvalue weighted by Gasteiger charge is -2.21. The van der Waals surface area contributed by atoms with Crippen molar-refractivity contribution in [2.45, 2.75) is 20.3 Å². The van der Waals surface area contributed by atoms with Crippen molar-refractivity contribution in [2.75, 3.05) is 21.3 Å². The van der Waals surface area contributed by atoms with Crippen molar-refractivity contribution >= 4 is 23.5 Å². The van der Waals surface area contributed by atoms with Crippen LogP contribution in [0.4, 0.5) is 0 Å². The number of hydrogen-bond acceptors (Lipinski definition) is 6. The molecule has 0 saturated carbocycles. The minimum atomic E-state index is -1.68. The van der Waals surface area contributed by atoms with E-state index in [1.807, 2.05) is 19.1 Å². The van der Waals surface area contributed by atoms with Gasteiger partial charge in [0.15, 0.2) is 5.41 Å². The Morgan fingerprint density at radius 3 is 1.93 bits per heavy atom. The van der Waals surface area contributed by atoms with Crippen LogP contribution in [0.1, 0.15) is 24.5 Å². The Morgan fingerprint density at radius 1 is 0.964 bits per heavy atom. The van der Waals surface area contributed by atoms with Gasteiger partial charge in [-0.05, 0) is 36.6 Å². The van der Waals surface area contributed by atoms with Crippen molar-refractivity contribution in [1.29, 1.82) is 0 Å². The van der Waals surface area contributed by atoms with Gasteiger partial charge in [0.05, 0.1) is 26.9 Å². The molecule has 2 rings (SSSR count). The van der Waals surface area contributed by atoms with E-state index < -0.39 is 23.3 Å². The fourth-order valence-corrected chi connectivity index (χ4v) is 3.31. The van der Waals surface area contributed by atoms with Crippen molar-refractivity contribution in [3.8, 4) is 0 Å². The zero-order valence-corrected chi connectivity index (χ0v) is 16.8. The van der Waals surface area contributed by atoms with Gasteiger partial charge in [0, 0.05) is 6.42 Å². The fraction of sp³-hybridized carbons (Fsp3) is 0.318. The van der Waals surface area contributed by atoms with Gasteiger partial charge in [-0.3, -0.25) is 9.59 Å². The summed E-state index contributed by atoms with van der Waals surface area (Å²) in [6, 6.07) is 7.32. The molecule has 1 aliphatic carbocycles. The number of ether oxygens (including phenoxy) is 3. The summed E-state index contributed by atoms with van der Waals surface area (Å²) < 4.78 is 14.7. The van der Waals surface area contributed by atoms with Crippen LogP contribution in [0.25, 0.3) is 5.57 Å². The van der Waals surface area contributed by atoms with Crippen LogP contribution in [0.3, 0.4) is 0 Å². The first-order chi connectivity index (χ1) is 13.2. The highest BCUT2D eigenvalue weighted by Gasteiger charge is 2.52.